The van der Waals surface area contributed by atoms with E-state index in [0.29, 0.717) is 13.1 Å². The average molecular weight is 320 g/mol. The van der Waals surface area contributed by atoms with Gasteiger partial charge in [-0.1, -0.05) is 18.2 Å². The van der Waals surface area contributed by atoms with Crippen molar-refractivity contribution in [2.45, 2.75) is 25.9 Å². The molecular formula is C18H19F3N2. The molecule has 1 aromatic carbocycles. The second-order valence-electron chi connectivity index (χ2n) is 6.03. The first-order valence-corrected chi connectivity index (χ1v) is 7.76. The Hall–Kier alpha value is -1.88. The highest BCUT2D eigenvalue weighted by Gasteiger charge is 2.34. The number of rotatable bonds is 3. The lowest BCUT2D eigenvalue weighted by Gasteiger charge is -2.27. The minimum atomic E-state index is -4.17. The van der Waals surface area contributed by atoms with Gasteiger partial charge in [0.1, 0.15) is 0 Å². The first-order chi connectivity index (χ1) is 10.9. The van der Waals surface area contributed by atoms with Crippen LogP contribution in [0.5, 0.6) is 0 Å². The van der Waals surface area contributed by atoms with E-state index in [9.17, 15) is 13.2 Å². The molecule has 0 amide bonds. The summed E-state index contributed by atoms with van der Waals surface area (Å²) >= 11 is 0. The third kappa shape index (κ3) is 3.91. The van der Waals surface area contributed by atoms with E-state index in [2.05, 4.69) is 28.1 Å². The Labute approximate surface area is 133 Å². The van der Waals surface area contributed by atoms with Gasteiger partial charge in [-0.25, -0.2) is 0 Å². The number of hydrogen-bond acceptors (Lipinski definition) is 2. The zero-order valence-electron chi connectivity index (χ0n) is 13.0. The van der Waals surface area contributed by atoms with E-state index >= 15 is 0 Å². The second kappa shape index (κ2) is 6.32. The molecule has 122 valence electrons. The predicted molar refractivity (Wildman–Crippen MR) is 85.4 cm³/mol. The van der Waals surface area contributed by atoms with E-state index in [4.69, 9.17) is 0 Å². The Kier molecular flexibility index (Phi) is 4.39. The number of benzene rings is 1. The molecule has 2 heterocycles. The zero-order valence-corrected chi connectivity index (χ0v) is 13.0. The van der Waals surface area contributed by atoms with Gasteiger partial charge < -0.3 is 0 Å². The maximum atomic E-state index is 12.6. The van der Waals surface area contributed by atoms with Gasteiger partial charge in [0.15, 0.2) is 0 Å². The molecule has 0 bridgehead atoms. The molecular weight excluding hydrogens is 301 g/mol. The Morgan fingerprint density at radius 2 is 2.00 bits per heavy atom. The molecule has 1 aliphatic rings. The van der Waals surface area contributed by atoms with Crippen molar-refractivity contribution in [2.75, 3.05) is 19.6 Å². The van der Waals surface area contributed by atoms with Crippen molar-refractivity contribution in [3.05, 3.63) is 53.4 Å². The fourth-order valence-corrected chi connectivity index (χ4v) is 2.92. The van der Waals surface area contributed by atoms with Crippen molar-refractivity contribution < 1.29 is 13.2 Å². The number of aromatic nitrogens is 1. The summed E-state index contributed by atoms with van der Waals surface area (Å²) in [6, 6.07) is 8.33. The number of pyridine rings is 1. The molecule has 0 aliphatic carbocycles. The van der Waals surface area contributed by atoms with Crippen LogP contribution in [0.15, 0.2) is 42.1 Å². The molecule has 0 fully saturated rings. The molecule has 2 aromatic rings. The normalized spacial score (nSPS) is 16.6. The van der Waals surface area contributed by atoms with Gasteiger partial charge in [-0.3, -0.25) is 9.88 Å². The van der Waals surface area contributed by atoms with Crippen molar-refractivity contribution in [1.82, 2.24) is 9.88 Å². The van der Waals surface area contributed by atoms with Crippen LogP contribution in [0.3, 0.4) is 0 Å². The lowest BCUT2D eigenvalue weighted by molar-refractivity contribution is -0.0959. The van der Waals surface area contributed by atoms with Gasteiger partial charge in [-0.05, 0) is 42.8 Å². The quantitative estimate of drug-likeness (QED) is 0.785. The number of nitrogens with zero attached hydrogens (tertiary/aromatic N) is 2. The first-order valence-electron chi connectivity index (χ1n) is 7.76. The van der Waals surface area contributed by atoms with E-state index in [1.54, 1.807) is 0 Å². The summed E-state index contributed by atoms with van der Waals surface area (Å²) in [5.41, 5.74) is 1.79. The van der Waals surface area contributed by atoms with E-state index in [0.717, 1.165) is 29.4 Å². The topological polar surface area (TPSA) is 16.1 Å². The Morgan fingerprint density at radius 1 is 1.17 bits per heavy atom. The maximum absolute atomic E-state index is 12.6. The largest absolute Gasteiger partial charge is 0.412 e. The van der Waals surface area contributed by atoms with Gasteiger partial charge in [0.2, 0.25) is 0 Å². The van der Waals surface area contributed by atoms with Crippen molar-refractivity contribution >= 4 is 10.8 Å². The predicted octanol–water partition coefficient (Wildman–Crippen LogP) is 4.28. The molecule has 1 aromatic heterocycles. The number of halogens is 3. The van der Waals surface area contributed by atoms with Crippen LogP contribution in [0, 0.1) is 6.92 Å². The number of hydrogen-bond donors (Lipinski definition) is 0. The Morgan fingerprint density at radius 3 is 2.70 bits per heavy atom. The zero-order chi connectivity index (χ0) is 16.4. The molecule has 5 heteroatoms. The number of fused-ring (bicyclic) bond motifs is 1. The van der Waals surface area contributed by atoms with E-state index in [1.165, 1.54) is 11.6 Å². The number of aryl methyl sites for hydroxylation is 1. The second-order valence-corrected chi connectivity index (χ2v) is 6.03. The minimum absolute atomic E-state index is 0.0877. The molecule has 0 radical (unpaired) electrons. The lowest BCUT2D eigenvalue weighted by atomic mass is 10.0. The van der Waals surface area contributed by atoms with Crippen molar-refractivity contribution in [3.63, 3.8) is 0 Å². The SMILES string of the molecule is Cc1cc2ccc(CCN3CC=C(C(F)(F)F)CC3)cc2cn1. The Balaban J connectivity index is 1.61. The highest BCUT2D eigenvalue weighted by molar-refractivity contribution is 5.82. The van der Waals surface area contributed by atoms with Gasteiger partial charge in [-0.2, -0.15) is 13.2 Å². The average Bonchev–Trinajstić information content (AvgIpc) is 2.52. The molecule has 0 saturated heterocycles. The molecule has 0 atom stereocenters. The van der Waals surface area contributed by atoms with Crippen LogP contribution < -0.4 is 0 Å². The van der Waals surface area contributed by atoms with Crippen LogP contribution in [0.4, 0.5) is 13.2 Å². The van der Waals surface area contributed by atoms with Crippen LogP contribution in [-0.2, 0) is 6.42 Å². The van der Waals surface area contributed by atoms with Crippen LogP contribution in [-0.4, -0.2) is 35.7 Å². The standard InChI is InChI=1S/C18H19F3N2/c1-13-10-15-3-2-14(11-16(15)12-22-13)4-7-23-8-5-17(6-9-23)18(19,20)21/h2-3,5,10-12H,4,6-9H2,1H3. The van der Waals surface area contributed by atoms with Crippen LogP contribution in [0.1, 0.15) is 17.7 Å². The Bertz CT molecular complexity index is 735. The monoisotopic (exact) mass is 320 g/mol. The summed E-state index contributed by atoms with van der Waals surface area (Å²) in [6.45, 7) is 3.59. The summed E-state index contributed by atoms with van der Waals surface area (Å²) in [4.78, 5) is 6.37. The van der Waals surface area contributed by atoms with E-state index < -0.39 is 6.18 Å². The molecule has 0 spiro atoms. The van der Waals surface area contributed by atoms with Gasteiger partial charge in [0.05, 0.1) is 0 Å². The molecule has 23 heavy (non-hydrogen) atoms. The summed E-state index contributed by atoms with van der Waals surface area (Å²) in [5, 5.41) is 2.27. The van der Waals surface area contributed by atoms with Crippen molar-refractivity contribution in [2.24, 2.45) is 0 Å². The van der Waals surface area contributed by atoms with Crippen LogP contribution >= 0.6 is 0 Å². The van der Waals surface area contributed by atoms with Crippen molar-refractivity contribution in [3.8, 4) is 0 Å². The molecule has 0 N–H and O–H groups in total. The first kappa shape index (κ1) is 16.0. The molecule has 0 saturated carbocycles. The third-order valence-corrected chi connectivity index (χ3v) is 4.30. The van der Waals surface area contributed by atoms with E-state index in [-0.39, 0.29) is 12.0 Å². The van der Waals surface area contributed by atoms with Gasteiger partial charge in [0.25, 0.3) is 0 Å². The number of alkyl halides is 3. The minimum Gasteiger partial charge on any atom is -0.299 e. The van der Waals surface area contributed by atoms with Gasteiger partial charge in [-0.15, -0.1) is 0 Å². The van der Waals surface area contributed by atoms with Crippen LogP contribution in [0.25, 0.3) is 10.8 Å². The smallest absolute Gasteiger partial charge is 0.299 e. The van der Waals surface area contributed by atoms with Gasteiger partial charge >= 0.3 is 6.18 Å². The third-order valence-electron chi connectivity index (χ3n) is 4.30. The summed E-state index contributed by atoms with van der Waals surface area (Å²) in [7, 11) is 0. The van der Waals surface area contributed by atoms with Crippen molar-refractivity contribution in [1.29, 1.82) is 0 Å². The summed E-state index contributed by atoms with van der Waals surface area (Å²) < 4.78 is 37.8. The van der Waals surface area contributed by atoms with Crippen LogP contribution in [0.2, 0.25) is 0 Å². The van der Waals surface area contributed by atoms with E-state index in [1.807, 2.05) is 19.2 Å². The fraction of sp³-hybridized carbons (Fsp3) is 0.389. The lowest BCUT2D eigenvalue weighted by Crippen LogP contribution is -2.33. The highest BCUT2D eigenvalue weighted by Crippen LogP contribution is 2.30. The summed E-state index contributed by atoms with van der Waals surface area (Å²) in [6.07, 6.45) is -0.0665. The fourth-order valence-electron chi connectivity index (χ4n) is 2.92. The molecule has 1 aliphatic heterocycles. The molecule has 2 nitrogen and oxygen atoms in total. The molecule has 0 unspecified atom stereocenters. The van der Waals surface area contributed by atoms with Gasteiger partial charge in [0, 0.05) is 42.5 Å². The summed E-state index contributed by atoms with van der Waals surface area (Å²) in [5.74, 6) is 0. The molecule has 3 rings (SSSR count). The maximum Gasteiger partial charge on any atom is 0.412 e. The highest BCUT2D eigenvalue weighted by atomic mass is 19.4.